The zero-order valence-electron chi connectivity index (χ0n) is 18.3. The molecule has 0 bridgehead atoms. The van der Waals surface area contributed by atoms with Gasteiger partial charge < -0.3 is 20.5 Å². The van der Waals surface area contributed by atoms with Gasteiger partial charge in [-0.3, -0.25) is 9.89 Å². The van der Waals surface area contributed by atoms with Crippen LogP contribution in [0.25, 0.3) is 0 Å². The molecule has 0 atom stereocenters. The van der Waals surface area contributed by atoms with E-state index in [0.717, 1.165) is 15.4 Å². The first kappa shape index (κ1) is 23.3. The number of benzene rings is 2. The lowest BCUT2D eigenvalue weighted by Crippen LogP contribution is -2.12. The number of nitrogens with one attached hydrogen (secondary N) is 2. The summed E-state index contributed by atoms with van der Waals surface area (Å²) in [5.41, 5.74) is 7.10. The van der Waals surface area contributed by atoms with Crippen molar-refractivity contribution in [1.29, 1.82) is 0 Å². The van der Waals surface area contributed by atoms with Crippen LogP contribution in [0.15, 0.2) is 53.7 Å². The van der Waals surface area contributed by atoms with E-state index < -0.39 is 5.91 Å². The Labute approximate surface area is 204 Å². The number of aliphatic imine (C=N–C) groups is 1. The number of amides is 1. The summed E-state index contributed by atoms with van der Waals surface area (Å²) < 4.78 is 11.3. The van der Waals surface area contributed by atoms with E-state index in [1.54, 1.807) is 67.3 Å². The predicted octanol–water partition coefficient (Wildman–Crippen LogP) is 5.01. The van der Waals surface area contributed by atoms with E-state index in [0.29, 0.717) is 34.6 Å². The van der Waals surface area contributed by atoms with Gasteiger partial charge in [-0.2, -0.15) is 5.10 Å². The minimum absolute atomic E-state index is 0.128. The van der Waals surface area contributed by atoms with E-state index in [1.807, 2.05) is 13.0 Å². The Morgan fingerprint density at radius 3 is 2.85 bits per heavy atom. The third kappa shape index (κ3) is 5.53. The maximum absolute atomic E-state index is 12.1. The number of thiazole rings is 1. The summed E-state index contributed by atoms with van der Waals surface area (Å²) in [6.45, 7) is 2.34. The number of nitrogens with zero attached hydrogens (tertiary/aromatic N) is 3. The number of ether oxygens (including phenoxy) is 2. The summed E-state index contributed by atoms with van der Waals surface area (Å²) in [5.74, 6) is 0.936. The van der Waals surface area contributed by atoms with Crippen molar-refractivity contribution in [2.75, 3.05) is 12.4 Å². The van der Waals surface area contributed by atoms with Crippen molar-refractivity contribution >= 4 is 52.4 Å². The molecule has 34 heavy (non-hydrogen) atoms. The number of carbonyl (C=O) groups is 1. The number of primary amides is 1. The number of anilines is 2. The van der Waals surface area contributed by atoms with Gasteiger partial charge in [-0.25, -0.2) is 9.98 Å². The second-order valence-corrected chi connectivity index (χ2v) is 8.86. The van der Waals surface area contributed by atoms with Crippen LogP contribution < -0.4 is 20.5 Å². The number of methoxy groups -OCH3 is 1. The second-order valence-electron chi connectivity index (χ2n) is 7.10. The Bertz CT molecular complexity index is 1350. The van der Waals surface area contributed by atoms with Gasteiger partial charge in [0, 0.05) is 23.1 Å². The van der Waals surface area contributed by atoms with Crippen LogP contribution in [-0.4, -0.2) is 34.4 Å². The monoisotopic (exact) mass is 496 g/mol. The van der Waals surface area contributed by atoms with Crippen LogP contribution in [-0.2, 0) is 6.61 Å². The molecule has 0 radical (unpaired) electrons. The van der Waals surface area contributed by atoms with Gasteiger partial charge in [-0.15, -0.1) is 11.3 Å². The van der Waals surface area contributed by atoms with Crippen LogP contribution in [0.2, 0.25) is 5.02 Å². The molecule has 1 amide bonds. The highest BCUT2D eigenvalue weighted by atomic mass is 35.5. The SMILES string of the molecule is COc1cc(C=Nc2n[nH]c(Nc3cccc(Cl)c3)c2C(N)=O)ccc1OCc1cnc(C)s1. The standard InChI is InChI=1S/C23H21ClN6O3S/c1-13-26-11-17(34-13)12-33-18-7-6-14(8-19(18)32-2)10-27-22-20(21(25)31)23(30-29-22)28-16-5-3-4-15(24)9-16/h3-11H,12H2,1-2H3,(H2,25,31)(H2,28,29,30). The highest BCUT2D eigenvalue weighted by molar-refractivity contribution is 7.11. The quantitative estimate of drug-likeness (QED) is 0.279. The molecule has 4 aromatic rings. The van der Waals surface area contributed by atoms with Gasteiger partial charge >= 0.3 is 0 Å². The van der Waals surface area contributed by atoms with Gasteiger partial charge in [0.05, 0.1) is 17.0 Å². The van der Waals surface area contributed by atoms with E-state index in [4.69, 9.17) is 26.8 Å². The van der Waals surface area contributed by atoms with Gasteiger partial charge in [-0.05, 0) is 48.9 Å². The third-order valence-corrected chi connectivity index (χ3v) is 5.77. The maximum atomic E-state index is 12.1. The van der Waals surface area contributed by atoms with Gasteiger partial charge in [0.2, 0.25) is 0 Å². The summed E-state index contributed by atoms with van der Waals surface area (Å²) in [5, 5.41) is 11.5. The van der Waals surface area contributed by atoms with Crippen molar-refractivity contribution in [3.8, 4) is 11.5 Å². The lowest BCUT2D eigenvalue weighted by molar-refractivity contribution is 0.100. The van der Waals surface area contributed by atoms with Crippen LogP contribution in [0, 0.1) is 6.92 Å². The van der Waals surface area contributed by atoms with Crippen molar-refractivity contribution in [3.63, 3.8) is 0 Å². The molecule has 0 aliphatic carbocycles. The molecule has 4 N–H and O–H groups in total. The summed E-state index contributed by atoms with van der Waals surface area (Å²) in [7, 11) is 1.56. The van der Waals surface area contributed by atoms with Crippen LogP contribution in [0.5, 0.6) is 11.5 Å². The molecular formula is C23H21ClN6O3S. The molecule has 0 saturated carbocycles. The summed E-state index contributed by atoms with van der Waals surface area (Å²) in [6, 6.07) is 12.4. The van der Waals surface area contributed by atoms with Crippen molar-refractivity contribution in [2.45, 2.75) is 13.5 Å². The van der Waals surface area contributed by atoms with E-state index in [1.165, 1.54) is 0 Å². The second kappa shape index (κ2) is 10.4. The molecule has 0 saturated heterocycles. The fraction of sp³-hybridized carbons (Fsp3) is 0.130. The average molecular weight is 497 g/mol. The summed E-state index contributed by atoms with van der Waals surface area (Å²) in [4.78, 5) is 21.7. The number of rotatable bonds is 9. The summed E-state index contributed by atoms with van der Waals surface area (Å²) in [6.07, 6.45) is 3.35. The number of halogens is 1. The van der Waals surface area contributed by atoms with Crippen LogP contribution in [0.4, 0.5) is 17.3 Å². The fourth-order valence-corrected chi connectivity index (χ4v) is 4.00. The van der Waals surface area contributed by atoms with Gasteiger partial charge in [-0.1, -0.05) is 17.7 Å². The lowest BCUT2D eigenvalue weighted by Gasteiger charge is -2.10. The molecule has 0 aliphatic rings. The highest BCUT2D eigenvalue weighted by Crippen LogP contribution is 2.30. The predicted molar refractivity (Wildman–Crippen MR) is 133 cm³/mol. The number of hydrogen-bond acceptors (Lipinski definition) is 8. The third-order valence-electron chi connectivity index (χ3n) is 4.65. The molecule has 174 valence electrons. The topological polar surface area (TPSA) is 128 Å². The first-order valence-corrected chi connectivity index (χ1v) is 11.3. The minimum atomic E-state index is -0.676. The molecular weight excluding hydrogens is 476 g/mol. The Morgan fingerprint density at radius 1 is 1.29 bits per heavy atom. The van der Waals surface area contributed by atoms with Crippen molar-refractivity contribution < 1.29 is 14.3 Å². The number of aromatic nitrogens is 3. The van der Waals surface area contributed by atoms with Crippen LogP contribution >= 0.6 is 22.9 Å². The van der Waals surface area contributed by atoms with Gasteiger partial charge in [0.25, 0.3) is 5.91 Å². The zero-order chi connectivity index (χ0) is 24.1. The van der Waals surface area contributed by atoms with Gasteiger partial charge in [0.15, 0.2) is 17.3 Å². The molecule has 4 rings (SSSR count). The molecule has 2 heterocycles. The van der Waals surface area contributed by atoms with E-state index in [2.05, 4.69) is 25.5 Å². The molecule has 0 unspecified atom stereocenters. The normalized spacial score (nSPS) is 11.0. The smallest absolute Gasteiger partial charge is 0.256 e. The molecule has 0 fully saturated rings. The molecule has 2 aromatic heterocycles. The number of hydrogen-bond donors (Lipinski definition) is 3. The zero-order valence-corrected chi connectivity index (χ0v) is 19.9. The first-order chi connectivity index (χ1) is 16.4. The maximum Gasteiger partial charge on any atom is 0.256 e. The number of carbonyl (C=O) groups excluding carboxylic acids is 1. The molecule has 11 heteroatoms. The lowest BCUT2D eigenvalue weighted by atomic mass is 10.2. The average Bonchev–Trinajstić information content (AvgIpc) is 3.42. The molecule has 2 aromatic carbocycles. The van der Waals surface area contributed by atoms with E-state index >= 15 is 0 Å². The first-order valence-electron chi connectivity index (χ1n) is 10.1. The Balaban J connectivity index is 1.52. The van der Waals surface area contributed by atoms with E-state index in [-0.39, 0.29) is 11.4 Å². The van der Waals surface area contributed by atoms with Crippen LogP contribution in [0.3, 0.4) is 0 Å². The van der Waals surface area contributed by atoms with Crippen molar-refractivity contribution in [2.24, 2.45) is 10.7 Å². The Kier molecular flexibility index (Phi) is 7.09. The molecule has 9 nitrogen and oxygen atoms in total. The molecule has 0 aliphatic heterocycles. The largest absolute Gasteiger partial charge is 0.493 e. The van der Waals surface area contributed by atoms with Crippen molar-refractivity contribution in [3.05, 3.63) is 74.7 Å². The van der Waals surface area contributed by atoms with E-state index in [9.17, 15) is 4.79 Å². The Morgan fingerprint density at radius 2 is 2.15 bits per heavy atom. The number of aromatic amines is 1. The minimum Gasteiger partial charge on any atom is -0.493 e. The molecule has 0 spiro atoms. The summed E-state index contributed by atoms with van der Waals surface area (Å²) >= 11 is 7.60. The number of aryl methyl sites for hydroxylation is 1. The number of nitrogens with two attached hydrogens (primary N) is 1. The highest BCUT2D eigenvalue weighted by Gasteiger charge is 2.18. The Hall–Kier alpha value is -3.89. The van der Waals surface area contributed by atoms with Crippen LogP contribution in [0.1, 0.15) is 25.8 Å². The number of H-pyrrole nitrogens is 1. The van der Waals surface area contributed by atoms with Crippen molar-refractivity contribution in [1.82, 2.24) is 15.2 Å². The fourth-order valence-electron chi connectivity index (χ4n) is 3.10. The van der Waals surface area contributed by atoms with Gasteiger partial charge in [0.1, 0.15) is 18.0 Å².